The minimum atomic E-state index is -0.563. The summed E-state index contributed by atoms with van der Waals surface area (Å²) < 4.78 is 22.4. The Kier molecular flexibility index (Phi) is 7.53. The maximum absolute atomic E-state index is 14.5. The first kappa shape index (κ1) is 26.9. The highest BCUT2D eigenvalue weighted by atomic mass is 16.7. The monoisotopic (exact) mass is 570 g/mol. The van der Waals surface area contributed by atoms with E-state index in [1.807, 2.05) is 40.1 Å². The van der Waals surface area contributed by atoms with Crippen LogP contribution in [-0.2, 0) is 9.59 Å². The Morgan fingerprint density at radius 1 is 0.714 bits per heavy atom. The number of rotatable bonds is 5. The molecule has 0 aromatic heterocycles. The predicted molar refractivity (Wildman–Crippen MR) is 157 cm³/mol. The average Bonchev–Trinajstić information content (AvgIpc) is 3.72. The summed E-state index contributed by atoms with van der Waals surface area (Å²) in [5, 5.41) is 0. The molecule has 0 unspecified atom stereocenters. The van der Waals surface area contributed by atoms with E-state index >= 15 is 0 Å². The lowest BCUT2D eigenvalue weighted by Gasteiger charge is -2.41. The van der Waals surface area contributed by atoms with Gasteiger partial charge in [-0.05, 0) is 86.3 Å². The molecular formula is C34H38N2O6. The predicted octanol–water partition coefficient (Wildman–Crippen LogP) is 5.53. The Hall–Kier alpha value is -3.94. The Morgan fingerprint density at radius 2 is 1.33 bits per heavy atom. The second kappa shape index (κ2) is 11.7. The molecule has 3 atom stereocenters. The standard InChI is InChI=1S/C34H38N2O6/c37-33(35-15-3-1-4-16-35)27-12-11-25(24-9-14-29-31(20-24)42-22-40-29)26(32(27)34(38)36-17-5-2-6-18-36)10-7-23-8-13-28-30(19-23)41-21-39-28/h7-10,12-14,19-20,25-26,32H,1-6,11,15-18,21-22H2/b10-7+/t25-,26+,32-/m0/s1. The lowest BCUT2D eigenvalue weighted by molar-refractivity contribution is -0.140. The van der Waals surface area contributed by atoms with Crippen molar-refractivity contribution in [3.05, 3.63) is 65.3 Å². The fraction of sp³-hybridized carbons (Fsp3) is 0.471. The molecule has 2 fully saturated rings. The molecule has 8 heteroatoms. The summed E-state index contributed by atoms with van der Waals surface area (Å²) in [7, 11) is 0. The highest BCUT2D eigenvalue weighted by Gasteiger charge is 2.44. The smallest absolute Gasteiger partial charge is 0.250 e. The molecule has 5 aliphatic rings. The van der Waals surface area contributed by atoms with E-state index in [4.69, 9.17) is 18.9 Å². The molecule has 0 radical (unpaired) electrons. The fourth-order valence-electron chi connectivity index (χ4n) is 7.07. The molecule has 1 aliphatic carbocycles. The van der Waals surface area contributed by atoms with Gasteiger partial charge in [-0.1, -0.05) is 30.4 Å². The van der Waals surface area contributed by atoms with Gasteiger partial charge in [-0.3, -0.25) is 9.59 Å². The lowest BCUT2D eigenvalue weighted by Crippen LogP contribution is -2.48. The van der Waals surface area contributed by atoms with Crippen LogP contribution in [0.4, 0.5) is 0 Å². The van der Waals surface area contributed by atoms with Gasteiger partial charge in [0.05, 0.1) is 5.92 Å². The highest BCUT2D eigenvalue weighted by Crippen LogP contribution is 2.46. The van der Waals surface area contributed by atoms with E-state index in [-0.39, 0.29) is 37.2 Å². The molecule has 2 saturated heterocycles. The van der Waals surface area contributed by atoms with Crippen molar-refractivity contribution < 1.29 is 28.5 Å². The summed E-state index contributed by atoms with van der Waals surface area (Å²) in [4.78, 5) is 32.5. The van der Waals surface area contributed by atoms with E-state index in [2.05, 4.69) is 24.3 Å². The minimum Gasteiger partial charge on any atom is -0.454 e. The van der Waals surface area contributed by atoms with Gasteiger partial charge in [0.2, 0.25) is 25.4 Å². The summed E-state index contributed by atoms with van der Waals surface area (Å²) in [6.07, 6.45) is 13.2. The zero-order valence-corrected chi connectivity index (χ0v) is 24.0. The molecular weight excluding hydrogens is 532 g/mol. The Bertz CT molecular complexity index is 1400. The third-order valence-electron chi connectivity index (χ3n) is 9.33. The maximum atomic E-state index is 14.5. The number of hydrogen-bond acceptors (Lipinski definition) is 6. The number of likely N-dealkylation sites (tertiary alicyclic amines) is 2. The second-order valence-electron chi connectivity index (χ2n) is 11.9. The van der Waals surface area contributed by atoms with Crippen molar-refractivity contribution in [3.8, 4) is 23.0 Å². The maximum Gasteiger partial charge on any atom is 0.250 e. The Balaban J connectivity index is 1.29. The first-order valence-corrected chi connectivity index (χ1v) is 15.4. The SMILES string of the molecule is O=C(C1=CC[C@@H](c2ccc3c(c2)OCO3)[C@@H](/C=C/c2ccc3c(c2)OCO3)[C@@H]1C(=O)N1CCCCC1)N1CCCCC1. The van der Waals surface area contributed by atoms with Crippen LogP contribution in [-0.4, -0.2) is 61.4 Å². The Labute approximate surface area is 246 Å². The van der Waals surface area contributed by atoms with Crippen molar-refractivity contribution in [2.75, 3.05) is 39.8 Å². The lowest BCUT2D eigenvalue weighted by atomic mass is 9.68. The molecule has 0 spiro atoms. The quantitative estimate of drug-likeness (QED) is 0.471. The van der Waals surface area contributed by atoms with Crippen LogP contribution in [0.1, 0.15) is 62.0 Å². The number of amides is 2. The number of hydrogen-bond donors (Lipinski definition) is 0. The molecule has 2 aromatic rings. The molecule has 8 nitrogen and oxygen atoms in total. The first-order valence-electron chi connectivity index (χ1n) is 15.4. The van der Waals surface area contributed by atoms with Crippen LogP contribution in [0.2, 0.25) is 0 Å². The van der Waals surface area contributed by atoms with Crippen LogP contribution in [0.15, 0.2) is 54.1 Å². The number of ether oxygens (including phenoxy) is 4. The largest absolute Gasteiger partial charge is 0.454 e. The van der Waals surface area contributed by atoms with Crippen LogP contribution in [0, 0.1) is 11.8 Å². The van der Waals surface area contributed by atoms with Gasteiger partial charge < -0.3 is 28.7 Å². The number of allylic oxidation sites excluding steroid dienone is 2. The fourth-order valence-corrected chi connectivity index (χ4v) is 7.07. The molecule has 4 heterocycles. The van der Waals surface area contributed by atoms with E-state index in [1.165, 1.54) is 0 Å². The van der Waals surface area contributed by atoms with Crippen molar-refractivity contribution in [1.29, 1.82) is 0 Å². The Morgan fingerprint density at radius 3 is 2.05 bits per heavy atom. The van der Waals surface area contributed by atoms with Crippen molar-refractivity contribution in [2.24, 2.45) is 11.8 Å². The van der Waals surface area contributed by atoms with E-state index in [0.717, 1.165) is 98.8 Å². The molecule has 0 saturated carbocycles. The molecule has 220 valence electrons. The van der Waals surface area contributed by atoms with Gasteiger partial charge in [0.15, 0.2) is 23.0 Å². The number of carbonyl (C=O) groups is 2. The van der Waals surface area contributed by atoms with Crippen molar-refractivity contribution in [2.45, 2.75) is 50.9 Å². The normalized spacial score (nSPS) is 25.0. The molecule has 0 N–H and O–H groups in total. The number of fused-ring (bicyclic) bond motifs is 2. The molecule has 2 aromatic carbocycles. The van der Waals surface area contributed by atoms with Gasteiger partial charge in [-0.25, -0.2) is 0 Å². The number of carbonyl (C=O) groups excluding carboxylic acids is 2. The van der Waals surface area contributed by atoms with E-state index in [0.29, 0.717) is 12.0 Å². The molecule has 0 bridgehead atoms. The van der Waals surface area contributed by atoms with Crippen LogP contribution in [0.5, 0.6) is 23.0 Å². The number of nitrogens with zero attached hydrogens (tertiary/aromatic N) is 2. The van der Waals surface area contributed by atoms with Crippen LogP contribution >= 0.6 is 0 Å². The third-order valence-corrected chi connectivity index (χ3v) is 9.33. The van der Waals surface area contributed by atoms with Crippen LogP contribution in [0.3, 0.4) is 0 Å². The van der Waals surface area contributed by atoms with Gasteiger partial charge in [0, 0.05) is 37.7 Å². The van der Waals surface area contributed by atoms with Crippen molar-refractivity contribution in [3.63, 3.8) is 0 Å². The molecule has 7 rings (SSSR count). The van der Waals surface area contributed by atoms with Gasteiger partial charge in [0.1, 0.15) is 0 Å². The zero-order chi connectivity index (χ0) is 28.5. The van der Waals surface area contributed by atoms with Crippen molar-refractivity contribution >= 4 is 17.9 Å². The average molecular weight is 571 g/mol. The van der Waals surface area contributed by atoms with E-state index in [1.54, 1.807) is 0 Å². The van der Waals surface area contributed by atoms with E-state index < -0.39 is 5.92 Å². The summed E-state index contributed by atoms with van der Waals surface area (Å²) in [5.74, 6) is 2.21. The molecule has 2 amide bonds. The summed E-state index contributed by atoms with van der Waals surface area (Å²) in [6.45, 7) is 3.42. The number of benzene rings is 2. The number of piperidine rings is 2. The van der Waals surface area contributed by atoms with Gasteiger partial charge in [-0.2, -0.15) is 0 Å². The molecule has 42 heavy (non-hydrogen) atoms. The van der Waals surface area contributed by atoms with Gasteiger partial charge in [-0.15, -0.1) is 0 Å². The minimum absolute atomic E-state index is 0.0126. The zero-order valence-electron chi connectivity index (χ0n) is 24.0. The van der Waals surface area contributed by atoms with Gasteiger partial charge in [0.25, 0.3) is 0 Å². The van der Waals surface area contributed by atoms with Crippen molar-refractivity contribution in [1.82, 2.24) is 9.80 Å². The van der Waals surface area contributed by atoms with E-state index in [9.17, 15) is 9.59 Å². The summed E-state index contributed by atoms with van der Waals surface area (Å²) in [5.41, 5.74) is 2.70. The van der Waals surface area contributed by atoms with Crippen LogP contribution < -0.4 is 18.9 Å². The summed E-state index contributed by atoms with van der Waals surface area (Å²) >= 11 is 0. The van der Waals surface area contributed by atoms with Crippen LogP contribution in [0.25, 0.3) is 6.08 Å². The second-order valence-corrected chi connectivity index (χ2v) is 11.9. The third kappa shape index (κ3) is 5.23. The summed E-state index contributed by atoms with van der Waals surface area (Å²) in [6, 6.07) is 12.0. The topological polar surface area (TPSA) is 77.5 Å². The first-order chi connectivity index (χ1) is 20.7. The molecule has 4 aliphatic heterocycles. The highest BCUT2D eigenvalue weighted by molar-refractivity contribution is 6.01. The van der Waals surface area contributed by atoms with Gasteiger partial charge >= 0.3 is 0 Å².